The quantitative estimate of drug-likeness (QED) is 0.486. The molecule has 102 valence electrons. The summed E-state index contributed by atoms with van der Waals surface area (Å²) in [6, 6.07) is -0.220. The van der Waals surface area contributed by atoms with Crippen molar-refractivity contribution >= 4 is 5.91 Å². The van der Waals surface area contributed by atoms with E-state index in [2.05, 4.69) is 17.6 Å². The van der Waals surface area contributed by atoms with E-state index in [1.54, 1.807) is 6.92 Å². The van der Waals surface area contributed by atoms with Crippen molar-refractivity contribution in [3.63, 3.8) is 0 Å². The van der Waals surface area contributed by atoms with Gasteiger partial charge in [0.05, 0.1) is 18.2 Å². The molecule has 0 aromatic heterocycles. The number of aliphatic hydroxyl groups is 2. The highest BCUT2D eigenvalue weighted by molar-refractivity contribution is 5.81. The first-order chi connectivity index (χ1) is 7.82. The largest absolute Gasteiger partial charge is 0.393 e. The Balaban J connectivity index is 3.98. The van der Waals surface area contributed by atoms with E-state index in [0.717, 1.165) is 12.8 Å². The summed E-state index contributed by atoms with van der Waals surface area (Å²) in [5.74, 6) is -0.0836. The van der Waals surface area contributed by atoms with Crippen LogP contribution in [0.15, 0.2) is 0 Å². The average molecular weight is 246 g/mol. The van der Waals surface area contributed by atoms with Crippen LogP contribution >= 0.6 is 0 Å². The van der Waals surface area contributed by atoms with Crippen LogP contribution in [0.3, 0.4) is 0 Å². The van der Waals surface area contributed by atoms with E-state index in [1.165, 1.54) is 6.92 Å². The van der Waals surface area contributed by atoms with Gasteiger partial charge < -0.3 is 20.8 Å². The van der Waals surface area contributed by atoms with E-state index in [9.17, 15) is 9.90 Å². The van der Waals surface area contributed by atoms with E-state index in [0.29, 0.717) is 0 Å². The van der Waals surface area contributed by atoms with Crippen molar-refractivity contribution in [1.29, 1.82) is 0 Å². The van der Waals surface area contributed by atoms with Gasteiger partial charge in [-0.05, 0) is 27.2 Å². The number of rotatable bonds is 8. The zero-order valence-electron chi connectivity index (χ0n) is 11.3. The Morgan fingerprint density at radius 1 is 1.41 bits per heavy atom. The highest BCUT2D eigenvalue weighted by Crippen LogP contribution is 2.00. The number of amides is 1. The SMILES string of the molecule is CCCC(C)NC(=O)C(C)NCC(C)(O)CO. The smallest absolute Gasteiger partial charge is 0.237 e. The molecular weight excluding hydrogens is 220 g/mol. The molecule has 3 atom stereocenters. The first-order valence-corrected chi connectivity index (χ1v) is 6.19. The molecule has 4 N–H and O–H groups in total. The molecule has 0 fully saturated rings. The van der Waals surface area contributed by atoms with Gasteiger partial charge in [0.15, 0.2) is 0 Å². The zero-order valence-corrected chi connectivity index (χ0v) is 11.3. The maximum absolute atomic E-state index is 11.7. The zero-order chi connectivity index (χ0) is 13.5. The molecule has 0 rings (SSSR count). The van der Waals surface area contributed by atoms with Crippen LogP contribution in [-0.4, -0.2) is 47.0 Å². The first-order valence-electron chi connectivity index (χ1n) is 6.19. The van der Waals surface area contributed by atoms with Gasteiger partial charge in [-0.1, -0.05) is 13.3 Å². The lowest BCUT2D eigenvalue weighted by Crippen LogP contribution is -2.50. The summed E-state index contributed by atoms with van der Waals surface area (Å²) in [6.45, 7) is 7.15. The minimum Gasteiger partial charge on any atom is -0.393 e. The van der Waals surface area contributed by atoms with Crippen LogP contribution in [0.25, 0.3) is 0 Å². The summed E-state index contributed by atoms with van der Waals surface area (Å²) in [7, 11) is 0. The van der Waals surface area contributed by atoms with Gasteiger partial charge >= 0.3 is 0 Å². The maximum atomic E-state index is 11.7. The minimum atomic E-state index is -1.19. The number of carbonyl (C=O) groups excluding carboxylic acids is 1. The lowest BCUT2D eigenvalue weighted by Gasteiger charge is -2.24. The second-order valence-corrected chi connectivity index (χ2v) is 4.96. The van der Waals surface area contributed by atoms with E-state index in [-0.39, 0.29) is 31.1 Å². The summed E-state index contributed by atoms with van der Waals surface area (Å²) in [5.41, 5.74) is -1.19. The van der Waals surface area contributed by atoms with Crippen LogP contribution in [0.4, 0.5) is 0 Å². The number of aliphatic hydroxyl groups excluding tert-OH is 1. The molecule has 0 aliphatic rings. The summed E-state index contributed by atoms with van der Waals surface area (Å²) in [5, 5.41) is 24.2. The summed E-state index contributed by atoms with van der Waals surface area (Å²) >= 11 is 0. The molecule has 0 aliphatic carbocycles. The van der Waals surface area contributed by atoms with Crippen molar-refractivity contribution in [3.05, 3.63) is 0 Å². The van der Waals surface area contributed by atoms with Gasteiger partial charge in [-0.15, -0.1) is 0 Å². The van der Waals surface area contributed by atoms with Gasteiger partial charge in [0.1, 0.15) is 0 Å². The van der Waals surface area contributed by atoms with Crippen molar-refractivity contribution in [2.45, 2.75) is 58.2 Å². The van der Waals surface area contributed by atoms with Crippen LogP contribution in [-0.2, 0) is 4.79 Å². The Morgan fingerprint density at radius 3 is 2.47 bits per heavy atom. The van der Waals surface area contributed by atoms with Crippen molar-refractivity contribution in [3.8, 4) is 0 Å². The molecule has 0 aliphatic heterocycles. The Kier molecular flexibility index (Phi) is 7.34. The van der Waals surface area contributed by atoms with E-state index < -0.39 is 5.60 Å². The Labute approximate surface area is 104 Å². The van der Waals surface area contributed by atoms with E-state index >= 15 is 0 Å². The van der Waals surface area contributed by atoms with Gasteiger partial charge in [0, 0.05) is 12.6 Å². The molecule has 0 heterocycles. The molecule has 5 nitrogen and oxygen atoms in total. The van der Waals surface area contributed by atoms with Crippen LogP contribution in [0.5, 0.6) is 0 Å². The topological polar surface area (TPSA) is 81.6 Å². The molecule has 0 radical (unpaired) electrons. The second-order valence-electron chi connectivity index (χ2n) is 4.96. The molecular formula is C12H26N2O3. The van der Waals surface area contributed by atoms with Gasteiger partial charge in [0.25, 0.3) is 0 Å². The van der Waals surface area contributed by atoms with Crippen LogP contribution < -0.4 is 10.6 Å². The molecule has 1 amide bonds. The van der Waals surface area contributed by atoms with Gasteiger partial charge in [0.2, 0.25) is 5.91 Å². The van der Waals surface area contributed by atoms with Crippen molar-refractivity contribution in [2.75, 3.05) is 13.2 Å². The van der Waals surface area contributed by atoms with Crippen molar-refractivity contribution in [1.82, 2.24) is 10.6 Å². The van der Waals surface area contributed by atoms with E-state index in [1.807, 2.05) is 6.92 Å². The predicted molar refractivity (Wildman–Crippen MR) is 67.7 cm³/mol. The fourth-order valence-corrected chi connectivity index (χ4v) is 1.39. The summed E-state index contributed by atoms with van der Waals surface area (Å²) < 4.78 is 0. The fraction of sp³-hybridized carbons (Fsp3) is 0.917. The number of hydrogen-bond acceptors (Lipinski definition) is 4. The maximum Gasteiger partial charge on any atom is 0.237 e. The van der Waals surface area contributed by atoms with Gasteiger partial charge in [-0.25, -0.2) is 0 Å². The van der Waals surface area contributed by atoms with Crippen LogP contribution in [0.2, 0.25) is 0 Å². The number of hydrogen-bond donors (Lipinski definition) is 4. The minimum absolute atomic E-state index is 0.0836. The normalized spacial score (nSPS) is 18.2. The molecule has 0 aromatic rings. The Morgan fingerprint density at radius 2 is 2.00 bits per heavy atom. The monoisotopic (exact) mass is 246 g/mol. The van der Waals surface area contributed by atoms with E-state index in [4.69, 9.17) is 5.11 Å². The van der Waals surface area contributed by atoms with Gasteiger partial charge in [-0.3, -0.25) is 4.79 Å². The third-order valence-electron chi connectivity index (χ3n) is 2.63. The van der Waals surface area contributed by atoms with Crippen molar-refractivity contribution < 1.29 is 15.0 Å². The lowest BCUT2D eigenvalue weighted by molar-refractivity contribution is -0.123. The third kappa shape index (κ3) is 7.31. The Bertz CT molecular complexity index is 232. The summed E-state index contributed by atoms with van der Waals surface area (Å²) in [4.78, 5) is 11.7. The molecule has 0 bridgehead atoms. The predicted octanol–water partition coefficient (Wildman–Crippen LogP) is 0.0126. The molecule has 0 aromatic carbocycles. The first kappa shape index (κ1) is 16.4. The number of carbonyl (C=O) groups is 1. The average Bonchev–Trinajstić information content (AvgIpc) is 2.26. The fourth-order valence-electron chi connectivity index (χ4n) is 1.39. The lowest BCUT2D eigenvalue weighted by atomic mass is 10.1. The second kappa shape index (κ2) is 7.63. The molecule has 5 heteroatoms. The molecule has 0 saturated carbocycles. The van der Waals surface area contributed by atoms with Crippen molar-refractivity contribution in [2.24, 2.45) is 0 Å². The molecule has 3 unspecified atom stereocenters. The van der Waals surface area contributed by atoms with Gasteiger partial charge in [-0.2, -0.15) is 0 Å². The molecule has 0 spiro atoms. The number of nitrogens with one attached hydrogen (secondary N) is 2. The standard InChI is InChI=1S/C12H26N2O3/c1-5-6-9(2)14-11(16)10(3)13-7-12(4,17)8-15/h9-10,13,15,17H,5-8H2,1-4H3,(H,14,16). The molecule has 17 heavy (non-hydrogen) atoms. The molecule has 0 saturated heterocycles. The van der Waals surface area contributed by atoms with Crippen LogP contribution in [0, 0.1) is 0 Å². The third-order valence-corrected chi connectivity index (χ3v) is 2.63. The summed E-state index contributed by atoms with van der Waals surface area (Å²) in [6.07, 6.45) is 1.98. The highest BCUT2D eigenvalue weighted by atomic mass is 16.3. The van der Waals surface area contributed by atoms with Crippen LogP contribution in [0.1, 0.15) is 40.5 Å². The Hall–Kier alpha value is -0.650. The highest BCUT2D eigenvalue weighted by Gasteiger charge is 2.22.